The van der Waals surface area contributed by atoms with Crippen LogP contribution in [0, 0.1) is 0 Å². The van der Waals surface area contributed by atoms with Gasteiger partial charge in [0.1, 0.15) is 10.5 Å². The summed E-state index contributed by atoms with van der Waals surface area (Å²) in [5.41, 5.74) is 4.38. The summed E-state index contributed by atoms with van der Waals surface area (Å²) >= 11 is 1.53. The van der Waals surface area contributed by atoms with Crippen molar-refractivity contribution in [3.63, 3.8) is 0 Å². The molecular weight excluding hydrogens is 572 g/mol. The molecule has 2 atom stereocenters. The summed E-state index contributed by atoms with van der Waals surface area (Å²) in [4.78, 5) is 43.8. The smallest absolute Gasteiger partial charge is 0.335 e. The van der Waals surface area contributed by atoms with Crippen molar-refractivity contribution in [2.75, 3.05) is 13.1 Å². The lowest BCUT2D eigenvalue weighted by Crippen LogP contribution is -2.39. The van der Waals surface area contributed by atoms with Crippen LogP contribution in [0.2, 0.25) is 0 Å². The first-order valence-electron chi connectivity index (χ1n) is 13.9. The molecule has 4 heterocycles. The van der Waals surface area contributed by atoms with Crippen LogP contribution in [-0.4, -0.2) is 77.1 Å². The zero-order valence-electron chi connectivity index (χ0n) is 23.2. The fourth-order valence-corrected chi connectivity index (χ4v) is 6.17. The van der Waals surface area contributed by atoms with Crippen molar-refractivity contribution >= 4 is 44.4 Å². The lowest BCUT2D eigenvalue weighted by atomic mass is 10.1. The van der Waals surface area contributed by atoms with Crippen LogP contribution in [-0.2, 0) is 22.7 Å². The minimum atomic E-state index is -2.27. The largest absolute Gasteiger partial charge is 0.479 e. The first-order valence-corrected chi connectivity index (χ1v) is 14.7. The number of aliphatic hydroxyl groups excluding tert-OH is 2. The number of carbonyl (C=O) groups is 2. The number of H-pyrrole nitrogens is 1. The van der Waals surface area contributed by atoms with Crippen LogP contribution < -0.4 is 5.56 Å². The van der Waals surface area contributed by atoms with Crippen molar-refractivity contribution in [3.05, 3.63) is 88.6 Å². The molecule has 1 aliphatic rings. The highest BCUT2D eigenvalue weighted by Gasteiger charge is 2.29. The number of piperidine rings is 1. The normalized spacial score (nSPS) is 15.1. The molecule has 1 saturated heterocycles. The van der Waals surface area contributed by atoms with Gasteiger partial charge in [0, 0.05) is 34.1 Å². The van der Waals surface area contributed by atoms with Crippen LogP contribution >= 0.6 is 11.3 Å². The Morgan fingerprint density at radius 2 is 1.56 bits per heavy atom. The zero-order valence-corrected chi connectivity index (χ0v) is 24.0. The van der Waals surface area contributed by atoms with Crippen molar-refractivity contribution < 1.29 is 30.0 Å². The van der Waals surface area contributed by atoms with E-state index < -0.39 is 24.1 Å². The molecule has 11 nitrogen and oxygen atoms in total. The summed E-state index contributed by atoms with van der Waals surface area (Å²) in [5.74, 6) is -2.77. The first kappa shape index (κ1) is 30.1. The minimum Gasteiger partial charge on any atom is -0.479 e. The molecule has 1 aliphatic heterocycles. The Bertz CT molecular complexity index is 1770. The van der Waals surface area contributed by atoms with Gasteiger partial charge < -0.3 is 30.0 Å². The fraction of sp³-hybridized carbons (Fsp3) is 0.290. The van der Waals surface area contributed by atoms with Crippen LogP contribution in [0.25, 0.3) is 31.6 Å². The lowest BCUT2D eigenvalue weighted by molar-refractivity contribution is -0.165. The number of carboxylic acid groups (broad SMARTS) is 2. The third-order valence-electron chi connectivity index (χ3n) is 7.31. The number of aromatic nitrogens is 3. The molecule has 0 spiro atoms. The van der Waals surface area contributed by atoms with Crippen LogP contribution in [0.3, 0.4) is 0 Å². The maximum Gasteiger partial charge on any atom is 0.335 e. The van der Waals surface area contributed by atoms with Crippen LogP contribution in [0.15, 0.2) is 71.7 Å². The number of para-hydroxylation sites is 1. The molecule has 2 unspecified atom stereocenters. The van der Waals surface area contributed by atoms with E-state index >= 15 is 0 Å². The average Bonchev–Trinajstić information content (AvgIpc) is 3.60. The van der Waals surface area contributed by atoms with Gasteiger partial charge in [-0.3, -0.25) is 9.69 Å². The topological polar surface area (TPSA) is 169 Å². The van der Waals surface area contributed by atoms with Crippen LogP contribution in [0.1, 0.15) is 30.7 Å². The second-order valence-corrected chi connectivity index (χ2v) is 11.5. The number of aliphatic hydroxyl groups is 2. The number of aliphatic carboxylic acids is 2. The number of likely N-dealkylation sites (tertiary alicyclic amines) is 1. The summed E-state index contributed by atoms with van der Waals surface area (Å²) in [6, 6.07) is 21.1. The van der Waals surface area contributed by atoms with E-state index in [9.17, 15) is 14.4 Å². The van der Waals surface area contributed by atoms with Gasteiger partial charge in [-0.2, -0.15) is 0 Å². The number of thiophene rings is 1. The van der Waals surface area contributed by atoms with Gasteiger partial charge in [-0.15, -0.1) is 11.3 Å². The van der Waals surface area contributed by atoms with E-state index in [1.807, 2.05) is 6.07 Å². The van der Waals surface area contributed by atoms with Crippen molar-refractivity contribution in [2.24, 2.45) is 0 Å². The van der Waals surface area contributed by atoms with E-state index in [0.29, 0.717) is 11.2 Å². The number of nitrogens with one attached hydrogen (secondary N) is 1. The summed E-state index contributed by atoms with van der Waals surface area (Å²) in [5, 5.41) is 33.7. The Kier molecular flexibility index (Phi) is 9.31. The van der Waals surface area contributed by atoms with E-state index in [1.54, 1.807) is 0 Å². The van der Waals surface area contributed by atoms with Gasteiger partial charge in [0.25, 0.3) is 5.56 Å². The molecule has 0 saturated carbocycles. The molecular formula is C31H32N4O7S. The van der Waals surface area contributed by atoms with E-state index in [4.69, 9.17) is 25.4 Å². The third-order valence-corrected chi connectivity index (χ3v) is 8.47. The second-order valence-electron chi connectivity index (χ2n) is 10.4. The lowest BCUT2D eigenvalue weighted by Gasteiger charge is -2.25. The SMILES string of the molecule is O=C(O)C(O)C(O)C(=O)O.O=c1[nH]c(CN2CCCCC2)nc2cc(-c3cn(Cc4ccccc4)c4ccccc34)sc12. The maximum atomic E-state index is 12.9. The highest BCUT2D eigenvalue weighted by molar-refractivity contribution is 7.22. The average molecular weight is 605 g/mol. The van der Waals surface area contributed by atoms with Crippen LogP contribution in [0.5, 0.6) is 0 Å². The Morgan fingerprint density at radius 3 is 2.23 bits per heavy atom. The van der Waals surface area contributed by atoms with Gasteiger partial charge in [0.05, 0.1) is 12.1 Å². The number of rotatable bonds is 8. The Morgan fingerprint density at radius 1 is 0.907 bits per heavy atom. The number of benzene rings is 2. The predicted octanol–water partition coefficient (Wildman–Crippen LogP) is 3.52. The number of hydrogen-bond acceptors (Lipinski definition) is 8. The number of fused-ring (bicyclic) bond motifs is 2. The summed E-state index contributed by atoms with van der Waals surface area (Å²) in [7, 11) is 0. The highest BCUT2D eigenvalue weighted by Crippen LogP contribution is 2.37. The van der Waals surface area contributed by atoms with Gasteiger partial charge >= 0.3 is 11.9 Å². The number of aromatic amines is 1. The number of carboxylic acids is 2. The van der Waals surface area contributed by atoms with E-state index in [0.717, 1.165) is 41.4 Å². The van der Waals surface area contributed by atoms with Crippen molar-refractivity contribution in [2.45, 2.75) is 44.6 Å². The monoisotopic (exact) mass is 604 g/mol. The van der Waals surface area contributed by atoms with E-state index in [2.05, 4.69) is 75.2 Å². The van der Waals surface area contributed by atoms with Crippen LogP contribution in [0.4, 0.5) is 0 Å². The molecule has 3 aromatic heterocycles. The van der Waals surface area contributed by atoms with Crippen molar-refractivity contribution in [1.29, 1.82) is 0 Å². The summed E-state index contributed by atoms with van der Waals surface area (Å²) < 4.78 is 3.00. The van der Waals surface area contributed by atoms with Gasteiger partial charge in [0.15, 0.2) is 12.2 Å². The quantitative estimate of drug-likeness (QED) is 0.178. The molecule has 0 amide bonds. The molecule has 1 fully saturated rings. The molecule has 43 heavy (non-hydrogen) atoms. The van der Waals surface area contributed by atoms with Gasteiger partial charge in [0.2, 0.25) is 0 Å². The standard InChI is InChI=1S/C27H26N4OS.C4H6O6/c32-27-26-22(28-25(29-27)18-30-13-7-2-8-14-30)15-24(33-26)21-17-31(16-19-9-3-1-4-10-19)23-12-6-5-11-20(21)23;5-1(3(7)8)2(6)4(9)10/h1,3-6,9-12,15,17H,2,7-8,13-14,16,18H2,(H,28,29,32);1-2,5-6H,(H,7,8)(H,9,10). The van der Waals surface area contributed by atoms with Gasteiger partial charge in [-0.05, 0) is 43.6 Å². The van der Waals surface area contributed by atoms with E-state index in [1.165, 1.54) is 47.1 Å². The second kappa shape index (κ2) is 13.3. The molecule has 0 radical (unpaired) electrons. The highest BCUT2D eigenvalue weighted by atomic mass is 32.1. The van der Waals surface area contributed by atoms with Crippen molar-refractivity contribution in [3.8, 4) is 10.4 Å². The number of hydrogen-bond donors (Lipinski definition) is 5. The fourth-order valence-electron chi connectivity index (χ4n) is 5.15. The third kappa shape index (κ3) is 7.00. The minimum absolute atomic E-state index is 0.0312. The molecule has 12 heteroatoms. The molecule has 5 aromatic rings. The summed E-state index contributed by atoms with van der Waals surface area (Å²) in [6.45, 7) is 3.69. The first-order chi connectivity index (χ1) is 20.7. The Balaban J connectivity index is 0.000000319. The zero-order chi connectivity index (χ0) is 30.5. The van der Waals surface area contributed by atoms with Gasteiger partial charge in [-0.25, -0.2) is 14.6 Å². The predicted molar refractivity (Wildman–Crippen MR) is 163 cm³/mol. The van der Waals surface area contributed by atoms with Gasteiger partial charge in [-0.1, -0.05) is 55.0 Å². The molecule has 2 aromatic carbocycles. The molecule has 0 bridgehead atoms. The Hall–Kier alpha value is -4.36. The van der Waals surface area contributed by atoms with Crippen molar-refractivity contribution in [1.82, 2.24) is 19.4 Å². The molecule has 5 N–H and O–H groups in total. The van der Waals surface area contributed by atoms with E-state index in [-0.39, 0.29) is 5.56 Å². The number of nitrogens with zero attached hydrogens (tertiary/aromatic N) is 3. The molecule has 224 valence electrons. The molecule has 6 rings (SSSR count). The molecule has 0 aliphatic carbocycles. The summed E-state index contributed by atoms with van der Waals surface area (Å²) in [6.07, 6.45) is 1.43. The maximum absolute atomic E-state index is 12.9. The Labute approximate surface area is 250 Å².